The molecule has 2 N–H and O–H groups in total. The topological polar surface area (TPSA) is 59.6 Å². The molecule has 24 heavy (non-hydrogen) atoms. The minimum absolute atomic E-state index is 0.131. The zero-order valence-corrected chi connectivity index (χ0v) is 15.4. The van der Waals surface area contributed by atoms with Crippen molar-refractivity contribution in [1.29, 1.82) is 0 Å². The number of halogens is 1. The van der Waals surface area contributed by atoms with Gasteiger partial charge in [-0.25, -0.2) is 0 Å². The summed E-state index contributed by atoms with van der Waals surface area (Å²) in [4.78, 5) is 12.6. The normalized spacial score (nSPS) is 20.5. The average molecular weight is 355 g/mol. The second kappa shape index (κ2) is 9.14. The monoisotopic (exact) mass is 354 g/mol. The van der Waals surface area contributed by atoms with E-state index in [0.717, 1.165) is 32.4 Å². The van der Waals surface area contributed by atoms with E-state index in [1.807, 2.05) is 0 Å². The molecule has 1 aliphatic rings. The standard InChI is InChI=1S/C18H27ClN2O3/c1-4-5-8-24-17-14(19)9-13(10-16(17)23-3)18(22)21-15-6-7-20-11-12(15)2/h9-10,12,15,20H,4-8,11H2,1-3H3,(H,21,22). The van der Waals surface area contributed by atoms with Gasteiger partial charge in [0, 0.05) is 11.6 Å². The van der Waals surface area contributed by atoms with E-state index in [4.69, 9.17) is 21.1 Å². The molecule has 0 spiro atoms. The van der Waals surface area contributed by atoms with Gasteiger partial charge < -0.3 is 20.1 Å². The highest BCUT2D eigenvalue weighted by Gasteiger charge is 2.24. The van der Waals surface area contributed by atoms with Crippen LogP contribution >= 0.6 is 11.6 Å². The molecule has 2 atom stereocenters. The maximum absolute atomic E-state index is 12.6. The third-order valence-corrected chi connectivity index (χ3v) is 4.62. The van der Waals surface area contributed by atoms with Crippen LogP contribution in [0.1, 0.15) is 43.5 Å². The molecule has 134 valence electrons. The largest absolute Gasteiger partial charge is 0.493 e. The van der Waals surface area contributed by atoms with Gasteiger partial charge in [-0.3, -0.25) is 4.79 Å². The molecule has 1 aromatic carbocycles. The van der Waals surface area contributed by atoms with E-state index in [1.165, 1.54) is 0 Å². The Morgan fingerprint density at radius 1 is 1.46 bits per heavy atom. The van der Waals surface area contributed by atoms with E-state index < -0.39 is 0 Å². The summed E-state index contributed by atoms with van der Waals surface area (Å²) < 4.78 is 11.1. The number of rotatable bonds is 7. The number of amides is 1. The molecule has 1 aromatic rings. The van der Waals surface area contributed by atoms with Crippen LogP contribution in [0.25, 0.3) is 0 Å². The summed E-state index contributed by atoms with van der Waals surface area (Å²) in [6.45, 7) is 6.64. The van der Waals surface area contributed by atoms with Gasteiger partial charge in [-0.15, -0.1) is 0 Å². The van der Waals surface area contributed by atoms with Crippen LogP contribution in [0.3, 0.4) is 0 Å². The van der Waals surface area contributed by atoms with Crippen LogP contribution in [0.15, 0.2) is 12.1 Å². The van der Waals surface area contributed by atoms with Crippen LogP contribution in [0.2, 0.25) is 5.02 Å². The summed E-state index contributed by atoms with van der Waals surface area (Å²) in [5.41, 5.74) is 0.491. The number of piperidine rings is 1. The van der Waals surface area contributed by atoms with Crippen molar-refractivity contribution in [2.75, 3.05) is 26.8 Å². The lowest BCUT2D eigenvalue weighted by atomic mass is 9.95. The lowest BCUT2D eigenvalue weighted by Gasteiger charge is -2.30. The first kappa shape index (κ1) is 18.9. The Hall–Kier alpha value is -1.46. The number of ether oxygens (including phenoxy) is 2. The van der Waals surface area contributed by atoms with Crippen molar-refractivity contribution in [3.8, 4) is 11.5 Å². The highest BCUT2D eigenvalue weighted by molar-refractivity contribution is 6.32. The summed E-state index contributed by atoms with van der Waals surface area (Å²) in [7, 11) is 1.55. The number of carbonyl (C=O) groups is 1. The van der Waals surface area contributed by atoms with Gasteiger partial charge in [0.15, 0.2) is 11.5 Å². The quantitative estimate of drug-likeness (QED) is 0.738. The molecule has 0 bridgehead atoms. The third kappa shape index (κ3) is 4.77. The molecule has 0 radical (unpaired) electrons. The first-order valence-electron chi connectivity index (χ1n) is 8.58. The molecule has 5 nitrogen and oxygen atoms in total. The van der Waals surface area contributed by atoms with E-state index in [0.29, 0.717) is 34.6 Å². The second-order valence-corrected chi connectivity index (χ2v) is 6.65. The zero-order valence-electron chi connectivity index (χ0n) is 14.7. The van der Waals surface area contributed by atoms with Crippen LogP contribution < -0.4 is 20.1 Å². The minimum atomic E-state index is -0.131. The summed E-state index contributed by atoms with van der Waals surface area (Å²) in [5.74, 6) is 1.26. The van der Waals surface area contributed by atoms with Gasteiger partial charge in [0.25, 0.3) is 5.91 Å². The Morgan fingerprint density at radius 3 is 2.92 bits per heavy atom. The number of unbranched alkanes of at least 4 members (excludes halogenated alkanes) is 1. The Morgan fingerprint density at radius 2 is 2.25 bits per heavy atom. The van der Waals surface area contributed by atoms with E-state index in [1.54, 1.807) is 19.2 Å². The first-order chi connectivity index (χ1) is 11.6. The van der Waals surface area contributed by atoms with Crippen molar-refractivity contribution in [2.45, 2.75) is 39.2 Å². The lowest BCUT2D eigenvalue weighted by molar-refractivity contribution is 0.0914. The van der Waals surface area contributed by atoms with Gasteiger partial charge in [-0.05, 0) is 44.0 Å². The van der Waals surface area contributed by atoms with Crippen LogP contribution in [0.5, 0.6) is 11.5 Å². The molecular formula is C18H27ClN2O3. The van der Waals surface area contributed by atoms with Crippen LogP contribution in [0.4, 0.5) is 0 Å². The second-order valence-electron chi connectivity index (χ2n) is 6.24. The fourth-order valence-electron chi connectivity index (χ4n) is 2.79. The molecule has 0 aromatic heterocycles. The van der Waals surface area contributed by atoms with Crippen LogP contribution in [-0.4, -0.2) is 38.8 Å². The van der Waals surface area contributed by atoms with Gasteiger partial charge in [-0.1, -0.05) is 31.9 Å². The molecule has 1 saturated heterocycles. The van der Waals surface area contributed by atoms with Gasteiger partial charge in [0.05, 0.1) is 18.7 Å². The van der Waals surface area contributed by atoms with Crippen molar-refractivity contribution in [3.05, 3.63) is 22.7 Å². The summed E-state index contributed by atoms with van der Waals surface area (Å²) in [5, 5.41) is 6.83. The zero-order chi connectivity index (χ0) is 17.5. The fraction of sp³-hybridized carbons (Fsp3) is 0.611. The minimum Gasteiger partial charge on any atom is -0.493 e. The lowest BCUT2D eigenvalue weighted by Crippen LogP contribution is -2.48. The molecule has 2 unspecified atom stereocenters. The molecular weight excluding hydrogens is 328 g/mol. The van der Waals surface area contributed by atoms with E-state index >= 15 is 0 Å². The predicted octanol–water partition coefficient (Wildman–Crippen LogP) is 3.26. The Kier molecular flexibility index (Phi) is 7.18. The molecule has 1 heterocycles. The van der Waals surface area contributed by atoms with Crippen molar-refractivity contribution >= 4 is 17.5 Å². The van der Waals surface area contributed by atoms with Crippen LogP contribution in [0, 0.1) is 5.92 Å². The number of carbonyl (C=O) groups excluding carboxylic acids is 1. The number of methoxy groups -OCH3 is 1. The Labute approximate surface area is 149 Å². The maximum Gasteiger partial charge on any atom is 0.251 e. The summed E-state index contributed by atoms with van der Waals surface area (Å²) in [6, 6.07) is 3.50. The fourth-order valence-corrected chi connectivity index (χ4v) is 3.06. The van der Waals surface area contributed by atoms with Crippen molar-refractivity contribution in [1.82, 2.24) is 10.6 Å². The smallest absolute Gasteiger partial charge is 0.251 e. The highest BCUT2D eigenvalue weighted by atomic mass is 35.5. The van der Waals surface area contributed by atoms with Gasteiger partial charge >= 0.3 is 0 Å². The average Bonchev–Trinajstić information content (AvgIpc) is 2.58. The highest BCUT2D eigenvalue weighted by Crippen LogP contribution is 2.36. The summed E-state index contributed by atoms with van der Waals surface area (Å²) in [6.07, 6.45) is 2.90. The molecule has 1 fully saturated rings. The molecule has 1 amide bonds. The molecule has 6 heteroatoms. The first-order valence-corrected chi connectivity index (χ1v) is 8.96. The SMILES string of the molecule is CCCCOc1c(Cl)cc(C(=O)NC2CCNCC2C)cc1OC. The molecule has 0 aliphatic carbocycles. The van der Waals surface area contributed by atoms with Crippen molar-refractivity contribution in [2.24, 2.45) is 5.92 Å². The van der Waals surface area contributed by atoms with Gasteiger partial charge in [0.1, 0.15) is 0 Å². The Balaban J connectivity index is 2.12. The van der Waals surface area contributed by atoms with Crippen molar-refractivity contribution < 1.29 is 14.3 Å². The van der Waals surface area contributed by atoms with Crippen molar-refractivity contribution in [3.63, 3.8) is 0 Å². The van der Waals surface area contributed by atoms with E-state index in [9.17, 15) is 4.79 Å². The molecule has 1 aliphatic heterocycles. The number of hydrogen-bond acceptors (Lipinski definition) is 4. The van der Waals surface area contributed by atoms with E-state index in [-0.39, 0.29) is 11.9 Å². The van der Waals surface area contributed by atoms with Gasteiger partial charge in [-0.2, -0.15) is 0 Å². The van der Waals surface area contributed by atoms with Crippen LogP contribution in [-0.2, 0) is 0 Å². The predicted molar refractivity (Wildman–Crippen MR) is 96.3 cm³/mol. The maximum atomic E-state index is 12.6. The molecule has 2 rings (SSSR count). The Bertz CT molecular complexity index is 565. The number of nitrogens with one attached hydrogen (secondary N) is 2. The van der Waals surface area contributed by atoms with E-state index in [2.05, 4.69) is 24.5 Å². The third-order valence-electron chi connectivity index (χ3n) is 4.34. The summed E-state index contributed by atoms with van der Waals surface area (Å²) >= 11 is 6.31. The molecule has 0 saturated carbocycles. The number of benzene rings is 1. The van der Waals surface area contributed by atoms with Gasteiger partial charge in [0.2, 0.25) is 0 Å². The number of hydrogen-bond donors (Lipinski definition) is 2.